The number of nitrogens with one attached hydrogen (secondary N) is 1. The number of anilines is 1. The van der Waals surface area contributed by atoms with Gasteiger partial charge in [0.25, 0.3) is 0 Å². The van der Waals surface area contributed by atoms with Crippen LogP contribution in [0.3, 0.4) is 0 Å². The van der Waals surface area contributed by atoms with Gasteiger partial charge in [0, 0.05) is 6.54 Å². The summed E-state index contributed by atoms with van der Waals surface area (Å²) in [5.74, 6) is 0. The Hall–Kier alpha value is 0.160. The van der Waals surface area contributed by atoms with Crippen LogP contribution in [0.2, 0.25) is 0 Å². The van der Waals surface area contributed by atoms with Crippen molar-refractivity contribution in [1.29, 1.82) is 0 Å². The third-order valence-corrected chi connectivity index (χ3v) is 2.49. The maximum absolute atomic E-state index is 4.11. The zero-order valence-corrected chi connectivity index (χ0v) is 7.99. The number of hydrogen-bond acceptors (Lipinski definition) is 3. The van der Waals surface area contributed by atoms with Crippen LogP contribution in [0.25, 0.3) is 0 Å². The molecular weight excluding hydrogens is 247 g/mol. The second-order valence-corrected chi connectivity index (χ2v) is 4.42. The van der Waals surface area contributed by atoms with E-state index in [0.29, 0.717) is 0 Å². The van der Waals surface area contributed by atoms with Crippen molar-refractivity contribution in [3.05, 3.63) is 9.08 Å². The molecule has 4 heteroatoms. The Morgan fingerprint density at radius 2 is 2.67 bits per heavy atom. The minimum absolute atomic E-state index is 0.948. The van der Waals surface area contributed by atoms with Gasteiger partial charge in [0.1, 0.15) is 0 Å². The predicted octanol–water partition coefficient (Wildman–Crippen LogP) is 2.18. The lowest BCUT2D eigenvalue weighted by Crippen LogP contribution is -1.93. The summed E-state index contributed by atoms with van der Waals surface area (Å²) in [7, 11) is 0. The molecule has 0 fully saturated rings. The number of hydrogen-bond donors (Lipinski definition) is 1. The van der Waals surface area contributed by atoms with E-state index >= 15 is 0 Å². The summed E-state index contributed by atoms with van der Waals surface area (Å²) < 4.78 is 1.23. The Labute approximate surface area is 71.8 Å². The lowest BCUT2D eigenvalue weighted by atomic mass is 10.8. The Balaban J connectivity index is 2.61. The van der Waals surface area contributed by atoms with Crippen molar-refractivity contribution in [2.24, 2.45) is 0 Å². The molecule has 0 saturated heterocycles. The van der Waals surface area contributed by atoms with Crippen molar-refractivity contribution in [3.63, 3.8) is 0 Å². The van der Waals surface area contributed by atoms with Crippen molar-refractivity contribution < 1.29 is 0 Å². The second kappa shape index (κ2) is 3.36. The summed E-state index contributed by atoms with van der Waals surface area (Å²) in [5, 5.41) is 4.15. The quantitative estimate of drug-likeness (QED) is 0.818. The highest BCUT2D eigenvalue weighted by molar-refractivity contribution is 14.1. The summed E-state index contributed by atoms with van der Waals surface area (Å²) >= 11 is 3.93. The van der Waals surface area contributed by atoms with Crippen LogP contribution in [0.15, 0.2) is 6.20 Å². The van der Waals surface area contributed by atoms with Crippen molar-refractivity contribution in [2.75, 3.05) is 11.9 Å². The monoisotopic (exact) mass is 254 g/mol. The first-order valence-corrected chi connectivity index (χ1v) is 4.57. The molecule has 1 aromatic rings. The number of nitrogens with zero attached hydrogens (tertiary/aromatic N) is 1. The minimum atomic E-state index is 0.948. The molecule has 1 heterocycles. The van der Waals surface area contributed by atoms with Crippen LogP contribution in [0.1, 0.15) is 6.92 Å². The van der Waals surface area contributed by atoms with Crippen LogP contribution in [0.4, 0.5) is 5.13 Å². The highest BCUT2D eigenvalue weighted by Gasteiger charge is 1.94. The van der Waals surface area contributed by atoms with Gasteiger partial charge in [-0.3, -0.25) is 0 Å². The van der Waals surface area contributed by atoms with Crippen LogP contribution in [-0.2, 0) is 0 Å². The van der Waals surface area contributed by atoms with Gasteiger partial charge < -0.3 is 5.32 Å². The standard InChI is InChI=1S/C5H7IN2S/c1-2-7-5-8-3-4(6)9-5/h3H,2H2,1H3,(H,7,8). The molecule has 0 spiro atoms. The molecule has 0 atom stereocenters. The van der Waals surface area contributed by atoms with E-state index in [2.05, 4.69) is 39.8 Å². The maximum atomic E-state index is 4.11. The van der Waals surface area contributed by atoms with Crippen molar-refractivity contribution in [1.82, 2.24) is 4.98 Å². The van der Waals surface area contributed by atoms with Gasteiger partial charge in [0.05, 0.1) is 9.08 Å². The molecule has 1 N–H and O–H groups in total. The molecule has 0 aromatic carbocycles. The highest BCUT2D eigenvalue weighted by atomic mass is 127. The molecule has 1 aromatic heterocycles. The van der Waals surface area contributed by atoms with E-state index in [4.69, 9.17) is 0 Å². The SMILES string of the molecule is CCNc1ncc(I)s1. The van der Waals surface area contributed by atoms with Crippen molar-refractivity contribution >= 4 is 39.1 Å². The maximum Gasteiger partial charge on any atom is 0.183 e. The Kier molecular flexibility index (Phi) is 2.71. The largest absolute Gasteiger partial charge is 0.362 e. The summed E-state index contributed by atoms with van der Waals surface area (Å²) in [5.41, 5.74) is 0. The van der Waals surface area contributed by atoms with Gasteiger partial charge >= 0.3 is 0 Å². The summed E-state index contributed by atoms with van der Waals surface area (Å²) in [6.45, 7) is 3.01. The fraction of sp³-hybridized carbons (Fsp3) is 0.400. The third-order valence-electron chi connectivity index (χ3n) is 0.805. The van der Waals surface area contributed by atoms with Crippen LogP contribution in [-0.4, -0.2) is 11.5 Å². The molecule has 1 rings (SSSR count). The molecule has 2 nitrogen and oxygen atoms in total. The van der Waals surface area contributed by atoms with E-state index in [1.165, 1.54) is 2.88 Å². The van der Waals surface area contributed by atoms with Crippen LogP contribution >= 0.6 is 33.9 Å². The van der Waals surface area contributed by atoms with Gasteiger partial charge in [0.2, 0.25) is 0 Å². The lowest BCUT2D eigenvalue weighted by Gasteiger charge is -1.91. The molecule has 9 heavy (non-hydrogen) atoms. The van der Waals surface area contributed by atoms with E-state index in [9.17, 15) is 0 Å². The van der Waals surface area contributed by atoms with Gasteiger partial charge in [-0.15, -0.1) is 0 Å². The second-order valence-electron chi connectivity index (χ2n) is 1.50. The van der Waals surface area contributed by atoms with Crippen LogP contribution < -0.4 is 5.32 Å². The molecule has 0 aliphatic rings. The average molecular weight is 254 g/mol. The lowest BCUT2D eigenvalue weighted by molar-refractivity contribution is 1.19. The molecule has 0 saturated carbocycles. The molecule has 0 radical (unpaired) electrons. The average Bonchev–Trinajstić information content (AvgIpc) is 2.17. The van der Waals surface area contributed by atoms with E-state index in [1.807, 2.05) is 6.20 Å². The third kappa shape index (κ3) is 2.09. The fourth-order valence-electron chi connectivity index (χ4n) is 0.487. The van der Waals surface area contributed by atoms with Crippen LogP contribution in [0, 0.1) is 2.88 Å². The first-order valence-electron chi connectivity index (χ1n) is 2.68. The van der Waals surface area contributed by atoms with E-state index < -0.39 is 0 Å². The van der Waals surface area contributed by atoms with Gasteiger partial charge in [0.15, 0.2) is 5.13 Å². The molecule has 0 unspecified atom stereocenters. The fourth-order valence-corrected chi connectivity index (χ4v) is 1.86. The molecule has 0 amide bonds. The number of halogens is 1. The van der Waals surface area contributed by atoms with Gasteiger partial charge in [-0.2, -0.15) is 0 Å². The molecule has 50 valence electrons. The molecular formula is C5H7IN2S. The summed E-state index contributed by atoms with van der Waals surface area (Å²) in [4.78, 5) is 4.11. The normalized spacial score (nSPS) is 9.56. The highest BCUT2D eigenvalue weighted by Crippen LogP contribution is 2.18. The minimum Gasteiger partial charge on any atom is -0.362 e. The van der Waals surface area contributed by atoms with E-state index in [-0.39, 0.29) is 0 Å². The van der Waals surface area contributed by atoms with Gasteiger partial charge in [-0.1, -0.05) is 11.3 Å². The topological polar surface area (TPSA) is 24.9 Å². The summed E-state index contributed by atoms with van der Waals surface area (Å²) in [6.07, 6.45) is 1.86. The first kappa shape index (κ1) is 7.27. The van der Waals surface area contributed by atoms with Crippen LogP contribution in [0.5, 0.6) is 0 Å². The van der Waals surface area contributed by atoms with Gasteiger partial charge in [-0.25, -0.2) is 4.98 Å². The number of thiazole rings is 1. The number of aromatic nitrogens is 1. The predicted molar refractivity (Wildman–Crippen MR) is 49.0 cm³/mol. The first-order chi connectivity index (χ1) is 4.33. The van der Waals surface area contributed by atoms with E-state index in [1.54, 1.807) is 11.3 Å². The van der Waals surface area contributed by atoms with Crippen molar-refractivity contribution in [2.45, 2.75) is 6.92 Å². The Morgan fingerprint density at radius 3 is 3.11 bits per heavy atom. The summed E-state index contributed by atoms with van der Waals surface area (Å²) in [6, 6.07) is 0. The zero-order valence-electron chi connectivity index (χ0n) is 5.02. The van der Waals surface area contributed by atoms with Crippen molar-refractivity contribution in [3.8, 4) is 0 Å². The Morgan fingerprint density at radius 1 is 1.89 bits per heavy atom. The molecule has 0 bridgehead atoms. The van der Waals surface area contributed by atoms with E-state index in [0.717, 1.165) is 11.7 Å². The molecule has 0 aliphatic carbocycles. The zero-order chi connectivity index (χ0) is 6.69. The van der Waals surface area contributed by atoms with Gasteiger partial charge in [-0.05, 0) is 29.5 Å². The number of rotatable bonds is 2. The molecule has 0 aliphatic heterocycles. The Bertz CT molecular complexity index is 187. The smallest absolute Gasteiger partial charge is 0.183 e.